The Kier molecular flexibility index (Phi) is 6.20. The van der Waals surface area contributed by atoms with Crippen molar-refractivity contribution in [2.75, 3.05) is 18.6 Å². The number of carbonyl (C=O) groups is 1. The number of pyridine rings is 1. The Bertz CT molecular complexity index is 1390. The third kappa shape index (κ3) is 4.31. The number of fused-ring (bicyclic) bond motifs is 5. The summed E-state index contributed by atoms with van der Waals surface area (Å²) in [5.41, 5.74) is 2.87. The second-order valence-corrected chi connectivity index (χ2v) is 12.8. The quantitative estimate of drug-likeness (QED) is 0.340. The topological polar surface area (TPSA) is 81.4 Å². The molecular formula is C32H37FN4O3. The van der Waals surface area contributed by atoms with Crippen LogP contribution < -0.4 is 9.64 Å². The van der Waals surface area contributed by atoms with Crippen molar-refractivity contribution >= 4 is 11.6 Å². The molecule has 0 radical (unpaired) electrons. The summed E-state index contributed by atoms with van der Waals surface area (Å²) in [6, 6.07) is 12.1. The SMILES string of the molecule is COc1cc(-c2cccc(N(CC34CCC(c5nnc(C)o5)(CC3)CC4)C(=O)C3CC(F)C4CC3C4)c2)ccn1. The molecule has 8 heteroatoms. The van der Waals surface area contributed by atoms with Gasteiger partial charge in [0.2, 0.25) is 23.6 Å². The van der Waals surface area contributed by atoms with Gasteiger partial charge in [0.25, 0.3) is 0 Å². The zero-order valence-electron chi connectivity index (χ0n) is 23.3. The number of methoxy groups -OCH3 is 1. The minimum absolute atomic E-state index is 0.0360. The number of anilines is 1. The fourth-order valence-corrected chi connectivity index (χ4v) is 7.98. The molecule has 2 unspecified atom stereocenters. The molecule has 6 saturated carbocycles. The standard InChI is InChI=1S/C32H37FN4O3/c1-20-35-36-30(40-20)32-10-7-31(8-11-32,9-12-32)19-37(29(38)26-18-27(33)24-14-23(26)15-24)25-5-3-4-21(16-25)22-6-13-34-28(17-22)39-2/h3-6,13,16-17,23-24,26-27H,7-12,14-15,18-19H2,1-2H3. The van der Waals surface area contributed by atoms with E-state index in [1.165, 1.54) is 0 Å². The number of alkyl halides is 1. The summed E-state index contributed by atoms with van der Waals surface area (Å²) in [5, 5.41) is 8.50. The zero-order chi connectivity index (χ0) is 27.5. The molecule has 0 aliphatic heterocycles. The Balaban J connectivity index is 1.19. The van der Waals surface area contributed by atoms with Gasteiger partial charge in [0.15, 0.2) is 0 Å². The molecule has 6 fully saturated rings. The van der Waals surface area contributed by atoms with Gasteiger partial charge in [-0.15, -0.1) is 10.2 Å². The van der Waals surface area contributed by atoms with Crippen molar-refractivity contribution in [1.29, 1.82) is 0 Å². The number of halogens is 1. The minimum Gasteiger partial charge on any atom is -0.481 e. The predicted octanol–water partition coefficient (Wildman–Crippen LogP) is 6.46. The van der Waals surface area contributed by atoms with Crippen molar-refractivity contribution < 1.29 is 18.3 Å². The summed E-state index contributed by atoms with van der Waals surface area (Å²) in [5.74, 6) is 2.27. The molecule has 4 bridgehead atoms. The number of aryl methyl sites for hydroxylation is 1. The van der Waals surface area contributed by atoms with E-state index in [1.807, 2.05) is 36.1 Å². The summed E-state index contributed by atoms with van der Waals surface area (Å²) in [6.07, 6.45) is 8.95. The lowest BCUT2D eigenvalue weighted by molar-refractivity contribution is -0.133. The van der Waals surface area contributed by atoms with Gasteiger partial charge in [-0.2, -0.15) is 0 Å². The molecule has 0 N–H and O–H groups in total. The number of rotatable bonds is 7. The largest absolute Gasteiger partial charge is 0.481 e. The lowest BCUT2D eigenvalue weighted by atomic mass is 9.53. The van der Waals surface area contributed by atoms with Crippen molar-refractivity contribution in [3.63, 3.8) is 0 Å². The molecule has 2 heterocycles. The van der Waals surface area contributed by atoms with Gasteiger partial charge in [-0.3, -0.25) is 4.79 Å². The van der Waals surface area contributed by atoms with Crippen LogP contribution in [0.2, 0.25) is 0 Å². The highest BCUT2D eigenvalue weighted by atomic mass is 19.1. The Morgan fingerprint density at radius 1 is 1.02 bits per heavy atom. The second kappa shape index (κ2) is 9.67. The van der Waals surface area contributed by atoms with E-state index >= 15 is 0 Å². The first-order valence-electron chi connectivity index (χ1n) is 14.7. The van der Waals surface area contributed by atoms with Crippen LogP contribution in [0.5, 0.6) is 5.88 Å². The maximum atomic E-state index is 14.9. The van der Waals surface area contributed by atoms with Crippen LogP contribution in [0, 0.1) is 30.1 Å². The maximum absolute atomic E-state index is 14.9. The minimum atomic E-state index is -0.863. The van der Waals surface area contributed by atoms with Gasteiger partial charge in [-0.05, 0) is 104 Å². The van der Waals surface area contributed by atoms with Crippen LogP contribution in [0.3, 0.4) is 0 Å². The van der Waals surface area contributed by atoms with Crippen LogP contribution in [-0.4, -0.2) is 40.9 Å². The molecule has 0 spiro atoms. The van der Waals surface area contributed by atoms with E-state index in [1.54, 1.807) is 13.3 Å². The van der Waals surface area contributed by atoms with Gasteiger partial charge in [-0.25, -0.2) is 9.37 Å². The van der Waals surface area contributed by atoms with E-state index in [4.69, 9.17) is 9.15 Å². The van der Waals surface area contributed by atoms with Crippen molar-refractivity contribution in [2.24, 2.45) is 23.2 Å². The number of carbonyl (C=O) groups excluding carboxylic acids is 1. The van der Waals surface area contributed by atoms with Crippen LogP contribution in [0.4, 0.5) is 10.1 Å². The highest BCUT2D eigenvalue weighted by molar-refractivity contribution is 5.96. The number of nitrogens with zero attached hydrogens (tertiary/aromatic N) is 4. The molecule has 2 aromatic heterocycles. The lowest BCUT2D eigenvalue weighted by Crippen LogP contribution is -2.54. The monoisotopic (exact) mass is 544 g/mol. The lowest BCUT2D eigenvalue weighted by Gasteiger charge is -2.54. The molecular weight excluding hydrogens is 507 g/mol. The van der Waals surface area contributed by atoms with Gasteiger partial charge in [0, 0.05) is 42.8 Å². The molecule has 0 saturated heterocycles. The first-order valence-corrected chi connectivity index (χ1v) is 14.7. The van der Waals surface area contributed by atoms with E-state index in [-0.39, 0.29) is 28.6 Å². The fourth-order valence-electron chi connectivity index (χ4n) is 7.98. The summed E-state index contributed by atoms with van der Waals surface area (Å²) < 4.78 is 26.1. The molecule has 6 aliphatic carbocycles. The molecule has 6 aliphatic rings. The van der Waals surface area contributed by atoms with Crippen LogP contribution in [0.15, 0.2) is 47.0 Å². The van der Waals surface area contributed by atoms with Crippen LogP contribution in [0.1, 0.15) is 69.6 Å². The van der Waals surface area contributed by atoms with Gasteiger partial charge in [-0.1, -0.05) is 12.1 Å². The van der Waals surface area contributed by atoms with E-state index in [2.05, 4.69) is 27.3 Å². The zero-order valence-corrected chi connectivity index (χ0v) is 23.3. The van der Waals surface area contributed by atoms with Gasteiger partial charge < -0.3 is 14.1 Å². The van der Waals surface area contributed by atoms with E-state index in [9.17, 15) is 9.18 Å². The number of benzene rings is 1. The molecule has 1 amide bonds. The Hall–Kier alpha value is -3.29. The average molecular weight is 545 g/mol. The van der Waals surface area contributed by atoms with Gasteiger partial charge in [0.05, 0.1) is 7.11 Å². The first kappa shape index (κ1) is 25.7. The summed E-state index contributed by atoms with van der Waals surface area (Å²) >= 11 is 0. The van der Waals surface area contributed by atoms with Gasteiger partial charge in [0.1, 0.15) is 6.17 Å². The molecule has 7 nitrogen and oxygen atoms in total. The van der Waals surface area contributed by atoms with Crippen molar-refractivity contribution in [1.82, 2.24) is 15.2 Å². The van der Waals surface area contributed by atoms with Crippen LogP contribution in [0.25, 0.3) is 11.1 Å². The second-order valence-electron chi connectivity index (χ2n) is 12.8. The third-order valence-electron chi connectivity index (χ3n) is 10.7. The fraction of sp³-hybridized carbons (Fsp3) is 0.562. The Labute approximate surface area is 234 Å². The number of ether oxygens (including phenoxy) is 1. The summed E-state index contributed by atoms with van der Waals surface area (Å²) in [7, 11) is 1.61. The van der Waals surface area contributed by atoms with Gasteiger partial charge >= 0.3 is 0 Å². The molecule has 2 atom stereocenters. The molecule has 9 rings (SSSR count). The van der Waals surface area contributed by atoms with E-state index in [0.29, 0.717) is 30.7 Å². The molecule has 1 aromatic carbocycles. The third-order valence-corrected chi connectivity index (χ3v) is 10.7. The van der Waals surface area contributed by atoms with Crippen LogP contribution in [-0.2, 0) is 10.2 Å². The normalized spacial score (nSPS) is 32.4. The maximum Gasteiger partial charge on any atom is 0.230 e. The smallest absolute Gasteiger partial charge is 0.230 e. The molecule has 40 heavy (non-hydrogen) atoms. The Morgan fingerprint density at radius 2 is 1.77 bits per heavy atom. The predicted molar refractivity (Wildman–Crippen MR) is 149 cm³/mol. The highest BCUT2D eigenvalue weighted by Gasteiger charge is 2.54. The van der Waals surface area contributed by atoms with Crippen LogP contribution >= 0.6 is 0 Å². The number of aromatic nitrogens is 3. The summed E-state index contributed by atoms with van der Waals surface area (Å²) in [6.45, 7) is 2.51. The Morgan fingerprint density at radius 3 is 2.45 bits per heavy atom. The van der Waals surface area contributed by atoms with Crippen molar-refractivity contribution in [2.45, 2.75) is 76.3 Å². The highest BCUT2D eigenvalue weighted by Crippen LogP contribution is 2.58. The van der Waals surface area contributed by atoms with E-state index < -0.39 is 6.17 Å². The average Bonchev–Trinajstić information content (AvgIpc) is 3.43. The van der Waals surface area contributed by atoms with Crippen molar-refractivity contribution in [3.05, 3.63) is 54.4 Å². The molecule has 3 aromatic rings. The number of hydrogen-bond donors (Lipinski definition) is 0. The summed E-state index contributed by atoms with van der Waals surface area (Å²) in [4.78, 5) is 20.6. The number of amides is 1. The van der Waals surface area contributed by atoms with E-state index in [0.717, 1.165) is 74.1 Å². The number of hydrogen-bond acceptors (Lipinski definition) is 6. The van der Waals surface area contributed by atoms with Crippen molar-refractivity contribution in [3.8, 4) is 17.0 Å². The molecule has 210 valence electrons. The first-order chi connectivity index (χ1) is 19.4.